The quantitative estimate of drug-likeness (QED) is 0.104. The number of nitrogens with zero attached hydrogens (tertiary/aromatic N) is 3. The van der Waals surface area contributed by atoms with Crippen LogP contribution < -0.4 is 0 Å². The van der Waals surface area contributed by atoms with Crippen molar-refractivity contribution >= 4 is 57.4 Å². The Hall–Kier alpha value is -4.86. The largest absolute Gasteiger partial charge is 0.469 e. The van der Waals surface area contributed by atoms with Crippen LogP contribution in [0.2, 0.25) is 0 Å². The first-order valence-electron chi connectivity index (χ1n) is 18.4. The number of esters is 1. The number of hydrogen-bond donors (Lipinski definition) is 2. The van der Waals surface area contributed by atoms with Crippen LogP contribution in [-0.2, 0) is 9.53 Å². The molecule has 0 saturated carbocycles. The Labute approximate surface area is 299 Å². The third-order valence-corrected chi connectivity index (χ3v) is 11.2. The van der Waals surface area contributed by atoms with Crippen LogP contribution in [-0.4, -0.2) is 62.6 Å². The fraction of sp³-hybridized carbons (Fsp3) is 0.463. The van der Waals surface area contributed by atoms with Gasteiger partial charge in [0.15, 0.2) is 6.29 Å². The topological polar surface area (TPSA) is 138 Å². The Morgan fingerprint density at radius 1 is 0.882 bits per heavy atom. The van der Waals surface area contributed by atoms with Gasteiger partial charge in [0.05, 0.1) is 52.1 Å². The lowest BCUT2D eigenvalue weighted by atomic mass is 9.83. The second kappa shape index (κ2) is 14.4. The van der Waals surface area contributed by atoms with E-state index in [9.17, 15) is 19.2 Å². The number of aldehydes is 1. The molecule has 0 aromatic carbocycles. The maximum Gasteiger partial charge on any atom is 0.305 e. The van der Waals surface area contributed by atoms with Crippen molar-refractivity contribution in [3.05, 3.63) is 68.6 Å². The van der Waals surface area contributed by atoms with Gasteiger partial charge in [-0.25, -0.2) is 9.97 Å². The van der Waals surface area contributed by atoms with E-state index in [0.717, 1.165) is 83.3 Å². The molecular formula is C41H49N5O5. The van der Waals surface area contributed by atoms with Gasteiger partial charge in [0.2, 0.25) is 0 Å². The summed E-state index contributed by atoms with van der Waals surface area (Å²) in [5, 5.41) is 0. The molecule has 2 atom stereocenters. The van der Waals surface area contributed by atoms with Gasteiger partial charge in [-0.1, -0.05) is 47.0 Å². The summed E-state index contributed by atoms with van der Waals surface area (Å²) in [6.45, 7) is 14.6. The molecule has 6 rings (SSSR count). The monoisotopic (exact) mass is 691 g/mol. The molecule has 4 aliphatic heterocycles. The fourth-order valence-corrected chi connectivity index (χ4v) is 8.25. The van der Waals surface area contributed by atoms with E-state index in [1.54, 1.807) is 0 Å². The lowest BCUT2D eigenvalue weighted by molar-refractivity contribution is -0.140. The second-order valence-corrected chi connectivity index (χ2v) is 14.0. The number of fused-ring (bicyclic) bond motifs is 8. The summed E-state index contributed by atoms with van der Waals surface area (Å²) in [7, 11) is 1.36. The highest BCUT2D eigenvalue weighted by Crippen LogP contribution is 2.46. The van der Waals surface area contributed by atoms with Crippen molar-refractivity contribution in [2.75, 3.05) is 13.7 Å². The maximum atomic E-state index is 14.7. The molecule has 2 amide bonds. The minimum Gasteiger partial charge on any atom is -0.469 e. The molecule has 0 spiro atoms. The van der Waals surface area contributed by atoms with Crippen molar-refractivity contribution in [1.29, 1.82) is 0 Å². The summed E-state index contributed by atoms with van der Waals surface area (Å²) in [4.78, 5) is 73.3. The molecule has 2 aromatic rings. The number of rotatable bonds is 11. The first-order chi connectivity index (χ1) is 24.5. The molecule has 2 N–H and O–H groups in total. The second-order valence-electron chi connectivity index (χ2n) is 14.0. The van der Waals surface area contributed by atoms with Gasteiger partial charge in [0.25, 0.3) is 11.8 Å². The summed E-state index contributed by atoms with van der Waals surface area (Å²) < 4.78 is 5.02. The van der Waals surface area contributed by atoms with Crippen LogP contribution in [0.4, 0.5) is 0 Å². The Kier molecular flexibility index (Phi) is 10.2. The molecule has 10 nitrogen and oxygen atoms in total. The zero-order chi connectivity index (χ0) is 36.7. The SMILES string of the molecule is CCCCCCN1C(=O)c2c3[nH]c(c(C=O)c4nc(cc5nc(cc6[nH]c2c(c6C)C1=O)C(CC)=C5C)C(CC)=C4C)[C@@H](C)[C@@H]3CCC(=O)OC. The molecular weight excluding hydrogens is 642 g/mol. The van der Waals surface area contributed by atoms with Crippen LogP contribution in [0.5, 0.6) is 0 Å². The van der Waals surface area contributed by atoms with E-state index in [-0.39, 0.29) is 30.1 Å². The normalized spacial score (nSPS) is 17.8. The van der Waals surface area contributed by atoms with E-state index >= 15 is 0 Å². The Balaban J connectivity index is 1.78. The molecule has 0 aliphatic carbocycles. The number of allylic oxidation sites excluding steroid dienone is 4. The highest BCUT2D eigenvalue weighted by molar-refractivity contribution is 6.23. The van der Waals surface area contributed by atoms with Crippen LogP contribution in [0.15, 0.2) is 12.1 Å². The molecule has 0 radical (unpaired) electrons. The van der Waals surface area contributed by atoms with Crippen LogP contribution >= 0.6 is 0 Å². The molecule has 0 saturated heterocycles. The predicted octanol–water partition coefficient (Wildman–Crippen LogP) is 8.86. The van der Waals surface area contributed by atoms with E-state index in [0.29, 0.717) is 64.2 Å². The van der Waals surface area contributed by atoms with Gasteiger partial charge < -0.3 is 14.7 Å². The highest BCUT2D eigenvalue weighted by Gasteiger charge is 2.41. The average Bonchev–Trinajstić information content (AvgIpc) is 3.80. The Morgan fingerprint density at radius 3 is 2.24 bits per heavy atom. The standard InChI is InChI=1S/C41H49N5O5/c1-9-12-13-14-17-46-40(49)34-24(7)30-19-31-25(10-2)21(4)29(42-31)18-32-26(11-3)22(5)36(44-32)28(20-47)37-23(6)27(15-16-33(48)51-8)38(45-37)35(41(46)50)39(34)43-30/h18-20,23,27,43,45H,9-17H2,1-8H3/t23-,27-/m0/s1. The number of aryl methyl sites for hydroxylation is 1. The molecule has 6 heterocycles. The number of unbranched alkanes of at least 4 members (excludes halogenated alkanes) is 3. The fourth-order valence-electron chi connectivity index (χ4n) is 8.25. The summed E-state index contributed by atoms with van der Waals surface area (Å²) in [6, 6.07) is 4.00. The van der Waals surface area contributed by atoms with Gasteiger partial charge in [-0.2, -0.15) is 0 Å². The molecule has 8 bridgehead atoms. The summed E-state index contributed by atoms with van der Waals surface area (Å²) in [5.74, 6) is -1.72. The zero-order valence-corrected chi connectivity index (χ0v) is 31.1. The first kappa shape index (κ1) is 35.9. The number of hydrogen-bond acceptors (Lipinski definition) is 7. The lowest BCUT2D eigenvalue weighted by Crippen LogP contribution is -2.41. The number of H-pyrrole nitrogens is 2. The summed E-state index contributed by atoms with van der Waals surface area (Å²) in [5.41, 5.74) is 11.4. The molecule has 2 aromatic heterocycles. The van der Waals surface area contributed by atoms with Gasteiger partial charge in [0, 0.05) is 41.7 Å². The molecule has 0 fully saturated rings. The third-order valence-electron chi connectivity index (χ3n) is 11.2. The van der Waals surface area contributed by atoms with Gasteiger partial charge in [-0.05, 0) is 86.4 Å². The number of aromatic amines is 2. The van der Waals surface area contributed by atoms with Crippen molar-refractivity contribution in [1.82, 2.24) is 24.8 Å². The van der Waals surface area contributed by atoms with Crippen molar-refractivity contribution in [2.24, 2.45) is 0 Å². The van der Waals surface area contributed by atoms with Crippen molar-refractivity contribution in [3.63, 3.8) is 0 Å². The number of carbonyl (C=O) groups excluding carboxylic acids is 4. The Bertz CT molecular complexity index is 2100. The van der Waals surface area contributed by atoms with Gasteiger partial charge in [-0.3, -0.25) is 24.1 Å². The predicted molar refractivity (Wildman–Crippen MR) is 200 cm³/mol. The minimum absolute atomic E-state index is 0.119. The highest BCUT2D eigenvalue weighted by atomic mass is 16.5. The lowest BCUT2D eigenvalue weighted by Gasteiger charge is -2.27. The van der Waals surface area contributed by atoms with E-state index in [1.807, 2.05) is 32.9 Å². The number of ether oxygens (including phenoxy) is 1. The van der Waals surface area contributed by atoms with Crippen LogP contribution in [0, 0.1) is 6.92 Å². The number of nitrogens with one attached hydrogen (secondary N) is 2. The number of imide groups is 1. The molecule has 10 heteroatoms. The van der Waals surface area contributed by atoms with Crippen molar-refractivity contribution < 1.29 is 23.9 Å². The number of methoxy groups -OCH3 is 1. The average molecular weight is 692 g/mol. The third kappa shape index (κ3) is 6.02. The summed E-state index contributed by atoms with van der Waals surface area (Å²) in [6.07, 6.45) is 6.44. The van der Waals surface area contributed by atoms with Crippen LogP contribution in [0.25, 0.3) is 33.3 Å². The van der Waals surface area contributed by atoms with Gasteiger partial charge in [0.1, 0.15) is 0 Å². The van der Waals surface area contributed by atoms with Gasteiger partial charge in [-0.15, -0.1) is 0 Å². The number of amides is 2. The van der Waals surface area contributed by atoms with Crippen molar-refractivity contribution in [2.45, 2.75) is 112 Å². The van der Waals surface area contributed by atoms with E-state index in [4.69, 9.17) is 14.7 Å². The maximum absolute atomic E-state index is 14.7. The van der Waals surface area contributed by atoms with E-state index in [1.165, 1.54) is 12.0 Å². The Morgan fingerprint density at radius 2 is 1.57 bits per heavy atom. The van der Waals surface area contributed by atoms with Crippen molar-refractivity contribution in [3.8, 4) is 0 Å². The molecule has 0 unspecified atom stereocenters. The zero-order valence-electron chi connectivity index (χ0n) is 31.1. The summed E-state index contributed by atoms with van der Waals surface area (Å²) >= 11 is 0. The first-order valence-corrected chi connectivity index (χ1v) is 18.4. The number of carbonyl (C=O) groups is 4. The number of aromatic nitrogens is 4. The van der Waals surface area contributed by atoms with E-state index in [2.05, 4.69) is 37.7 Å². The van der Waals surface area contributed by atoms with Gasteiger partial charge >= 0.3 is 5.97 Å². The van der Waals surface area contributed by atoms with Crippen LogP contribution in [0.3, 0.4) is 0 Å². The molecule has 51 heavy (non-hydrogen) atoms. The minimum atomic E-state index is -0.392. The molecule has 268 valence electrons. The smallest absolute Gasteiger partial charge is 0.305 e. The van der Waals surface area contributed by atoms with Crippen LogP contribution in [0.1, 0.15) is 176 Å². The molecule has 4 aliphatic rings. The van der Waals surface area contributed by atoms with E-state index < -0.39 is 5.91 Å².